The van der Waals surface area contributed by atoms with Crippen LogP contribution in [0.5, 0.6) is 0 Å². The first-order valence-corrected chi connectivity index (χ1v) is 7.78. The van der Waals surface area contributed by atoms with Gasteiger partial charge in [0.1, 0.15) is 6.10 Å². The van der Waals surface area contributed by atoms with Gasteiger partial charge in [-0.1, -0.05) is 26.7 Å². The minimum absolute atomic E-state index is 0.189. The van der Waals surface area contributed by atoms with Crippen LogP contribution in [0.3, 0.4) is 0 Å². The number of morpholine rings is 1. The van der Waals surface area contributed by atoms with E-state index in [1.165, 1.54) is 25.7 Å². The minimum Gasteiger partial charge on any atom is -0.366 e. The number of amides is 1. The molecule has 0 spiro atoms. The van der Waals surface area contributed by atoms with Crippen LogP contribution in [0.15, 0.2) is 0 Å². The molecular formula is C15H28N2O2. The van der Waals surface area contributed by atoms with E-state index in [1.807, 2.05) is 4.90 Å². The fraction of sp³-hybridized carbons (Fsp3) is 0.933. The molecule has 2 fully saturated rings. The summed E-state index contributed by atoms with van der Waals surface area (Å²) in [6.45, 7) is 8.59. The molecule has 2 rings (SSSR count). The van der Waals surface area contributed by atoms with Gasteiger partial charge in [-0.2, -0.15) is 0 Å². The van der Waals surface area contributed by atoms with E-state index in [0.717, 1.165) is 31.5 Å². The molecule has 0 aromatic carbocycles. The fourth-order valence-corrected chi connectivity index (χ4v) is 2.94. The number of nitrogens with one attached hydrogen (secondary N) is 1. The van der Waals surface area contributed by atoms with Crippen molar-refractivity contribution < 1.29 is 9.53 Å². The van der Waals surface area contributed by atoms with Crippen molar-refractivity contribution in [2.24, 2.45) is 11.8 Å². The van der Waals surface area contributed by atoms with Gasteiger partial charge in [-0.05, 0) is 24.7 Å². The number of ether oxygens (including phenoxy) is 1. The molecule has 19 heavy (non-hydrogen) atoms. The van der Waals surface area contributed by atoms with Gasteiger partial charge in [0.25, 0.3) is 5.91 Å². The SMILES string of the molecule is CC(C)CCC1CCN(C(=O)C2CNCCO2)CC1. The fourth-order valence-electron chi connectivity index (χ4n) is 2.94. The summed E-state index contributed by atoms with van der Waals surface area (Å²) >= 11 is 0. The quantitative estimate of drug-likeness (QED) is 0.843. The van der Waals surface area contributed by atoms with Gasteiger partial charge >= 0.3 is 0 Å². The third-order valence-corrected chi connectivity index (χ3v) is 4.28. The normalized spacial score (nSPS) is 25.8. The van der Waals surface area contributed by atoms with Crippen molar-refractivity contribution in [1.29, 1.82) is 0 Å². The number of hydrogen-bond acceptors (Lipinski definition) is 3. The molecule has 0 saturated carbocycles. The lowest BCUT2D eigenvalue weighted by molar-refractivity contribution is -0.146. The van der Waals surface area contributed by atoms with Crippen LogP contribution in [0.1, 0.15) is 39.5 Å². The van der Waals surface area contributed by atoms with Crippen LogP contribution >= 0.6 is 0 Å². The van der Waals surface area contributed by atoms with E-state index in [0.29, 0.717) is 13.2 Å². The number of likely N-dealkylation sites (tertiary alicyclic amines) is 1. The van der Waals surface area contributed by atoms with Crippen molar-refractivity contribution in [3.05, 3.63) is 0 Å². The summed E-state index contributed by atoms with van der Waals surface area (Å²) in [5.41, 5.74) is 0. The molecule has 1 atom stereocenters. The van der Waals surface area contributed by atoms with Crippen LogP contribution in [-0.2, 0) is 9.53 Å². The first-order valence-electron chi connectivity index (χ1n) is 7.78. The summed E-state index contributed by atoms with van der Waals surface area (Å²) in [5.74, 6) is 1.80. The first kappa shape index (κ1) is 14.8. The molecule has 4 nitrogen and oxygen atoms in total. The summed E-state index contributed by atoms with van der Waals surface area (Å²) in [4.78, 5) is 14.3. The Morgan fingerprint density at radius 3 is 2.68 bits per heavy atom. The van der Waals surface area contributed by atoms with E-state index >= 15 is 0 Å². The zero-order valence-corrected chi connectivity index (χ0v) is 12.4. The highest BCUT2D eigenvalue weighted by Crippen LogP contribution is 2.24. The van der Waals surface area contributed by atoms with E-state index < -0.39 is 0 Å². The molecule has 2 heterocycles. The molecule has 0 aliphatic carbocycles. The second-order valence-electron chi connectivity index (χ2n) is 6.30. The Kier molecular flexibility index (Phi) is 5.64. The molecule has 0 aromatic heterocycles. The van der Waals surface area contributed by atoms with Crippen molar-refractivity contribution in [2.75, 3.05) is 32.8 Å². The third-order valence-electron chi connectivity index (χ3n) is 4.28. The summed E-state index contributed by atoms with van der Waals surface area (Å²) in [6, 6.07) is 0. The number of carbonyl (C=O) groups excluding carboxylic acids is 1. The number of nitrogens with zero attached hydrogens (tertiary/aromatic N) is 1. The van der Waals surface area contributed by atoms with Crippen molar-refractivity contribution in [3.8, 4) is 0 Å². The molecule has 4 heteroatoms. The maximum Gasteiger partial charge on any atom is 0.253 e. The van der Waals surface area contributed by atoms with E-state index in [4.69, 9.17) is 4.74 Å². The van der Waals surface area contributed by atoms with E-state index in [9.17, 15) is 4.79 Å². The van der Waals surface area contributed by atoms with Gasteiger partial charge in [-0.25, -0.2) is 0 Å². The Labute approximate surface area is 116 Å². The topological polar surface area (TPSA) is 41.6 Å². The lowest BCUT2D eigenvalue weighted by Gasteiger charge is -2.35. The van der Waals surface area contributed by atoms with Gasteiger partial charge in [0.05, 0.1) is 6.61 Å². The Balaban J connectivity index is 1.71. The van der Waals surface area contributed by atoms with Crippen molar-refractivity contribution >= 4 is 5.91 Å². The lowest BCUT2D eigenvalue weighted by Crippen LogP contribution is -2.51. The summed E-state index contributed by atoms with van der Waals surface area (Å²) < 4.78 is 5.55. The smallest absolute Gasteiger partial charge is 0.253 e. The summed E-state index contributed by atoms with van der Waals surface area (Å²) in [7, 11) is 0. The standard InChI is InChI=1S/C15H28N2O2/c1-12(2)3-4-13-5-8-17(9-6-13)15(18)14-11-16-7-10-19-14/h12-14,16H,3-11H2,1-2H3. The lowest BCUT2D eigenvalue weighted by atomic mass is 9.89. The van der Waals surface area contributed by atoms with Crippen molar-refractivity contribution in [1.82, 2.24) is 10.2 Å². The number of piperidine rings is 1. The van der Waals surface area contributed by atoms with Gasteiger partial charge in [-0.3, -0.25) is 4.79 Å². The molecule has 1 unspecified atom stereocenters. The maximum atomic E-state index is 12.3. The zero-order chi connectivity index (χ0) is 13.7. The Morgan fingerprint density at radius 1 is 1.37 bits per heavy atom. The Morgan fingerprint density at radius 2 is 2.11 bits per heavy atom. The van der Waals surface area contributed by atoms with Gasteiger partial charge < -0.3 is 15.0 Å². The molecule has 0 aromatic rings. The zero-order valence-electron chi connectivity index (χ0n) is 12.4. The van der Waals surface area contributed by atoms with Crippen LogP contribution in [0, 0.1) is 11.8 Å². The molecule has 0 bridgehead atoms. The van der Waals surface area contributed by atoms with Crippen molar-refractivity contribution in [3.63, 3.8) is 0 Å². The van der Waals surface area contributed by atoms with Crippen LogP contribution in [0.2, 0.25) is 0 Å². The minimum atomic E-state index is -0.249. The molecule has 1 N–H and O–H groups in total. The van der Waals surface area contributed by atoms with E-state index in [2.05, 4.69) is 19.2 Å². The van der Waals surface area contributed by atoms with Crippen molar-refractivity contribution in [2.45, 2.75) is 45.6 Å². The van der Waals surface area contributed by atoms with Gasteiger partial charge in [0, 0.05) is 26.2 Å². The molecule has 0 radical (unpaired) electrons. The molecule has 2 aliphatic heterocycles. The average Bonchev–Trinajstić information content (AvgIpc) is 2.46. The predicted octanol–water partition coefficient (Wildman–Crippen LogP) is 1.65. The number of hydrogen-bond donors (Lipinski definition) is 1. The Bertz CT molecular complexity index is 280. The number of rotatable bonds is 4. The van der Waals surface area contributed by atoms with Gasteiger partial charge in [0.2, 0.25) is 0 Å². The highest BCUT2D eigenvalue weighted by molar-refractivity contribution is 5.81. The van der Waals surface area contributed by atoms with Gasteiger partial charge in [0.15, 0.2) is 0 Å². The van der Waals surface area contributed by atoms with E-state index in [1.54, 1.807) is 0 Å². The summed E-state index contributed by atoms with van der Waals surface area (Å²) in [6.07, 6.45) is 4.72. The average molecular weight is 268 g/mol. The van der Waals surface area contributed by atoms with Crippen LogP contribution < -0.4 is 5.32 Å². The molecular weight excluding hydrogens is 240 g/mol. The summed E-state index contributed by atoms with van der Waals surface area (Å²) in [5, 5.41) is 3.22. The molecule has 2 saturated heterocycles. The van der Waals surface area contributed by atoms with Crippen LogP contribution in [0.4, 0.5) is 0 Å². The van der Waals surface area contributed by atoms with Gasteiger partial charge in [-0.15, -0.1) is 0 Å². The second-order valence-corrected chi connectivity index (χ2v) is 6.30. The largest absolute Gasteiger partial charge is 0.366 e. The second kappa shape index (κ2) is 7.25. The highest BCUT2D eigenvalue weighted by Gasteiger charge is 2.29. The van der Waals surface area contributed by atoms with Crippen LogP contribution in [0.25, 0.3) is 0 Å². The van der Waals surface area contributed by atoms with E-state index in [-0.39, 0.29) is 12.0 Å². The third kappa shape index (κ3) is 4.46. The maximum absolute atomic E-state index is 12.3. The Hall–Kier alpha value is -0.610. The molecule has 1 amide bonds. The number of carbonyl (C=O) groups is 1. The monoisotopic (exact) mass is 268 g/mol. The predicted molar refractivity (Wildman–Crippen MR) is 76.0 cm³/mol. The molecule has 110 valence electrons. The highest BCUT2D eigenvalue weighted by atomic mass is 16.5. The van der Waals surface area contributed by atoms with Crippen LogP contribution in [-0.4, -0.2) is 49.7 Å². The molecule has 2 aliphatic rings. The first-order chi connectivity index (χ1) is 9.16.